The molecule has 6 rings (SSSR count). The summed E-state index contributed by atoms with van der Waals surface area (Å²) in [6.07, 6.45) is 1.45. The second-order valence-electron chi connectivity index (χ2n) is 11.1. The molecule has 0 N–H and O–H groups in total. The molecule has 3 aromatic carbocycles. The number of hydrogen-bond acceptors (Lipinski definition) is 6. The molecule has 0 saturated carbocycles. The lowest BCUT2D eigenvalue weighted by Gasteiger charge is -2.49. The summed E-state index contributed by atoms with van der Waals surface area (Å²) in [6, 6.07) is 20.4. The van der Waals surface area contributed by atoms with Gasteiger partial charge in [-0.3, -0.25) is 9.88 Å². The van der Waals surface area contributed by atoms with E-state index in [0.717, 1.165) is 42.8 Å². The van der Waals surface area contributed by atoms with E-state index in [-0.39, 0.29) is 16.9 Å². The molecule has 7 nitrogen and oxygen atoms in total. The highest BCUT2D eigenvalue weighted by atomic mass is 32.2. The molecular weight excluding hydrogens is 537 g/mol. The second-order valence-corrected chi connectivity index (χ2v) is 13.0. The molecule has 0 bridgehead atoms. The number of para-hydroxylation sites is 1. The molecule has 1 atom stereocenters. The highest BCUT2D eigenvalue weighted by Gasteiger charge is 2.39. The number of aryl methyl sites for hydroxylation is 3. The monoisotopic (exact) mass is 573 g/mol. The van der Waals surface area contributed by atoms with E-state index in [0.29, 0.717) is 25.2 Å². The topological polar surface area (TPSA) is 60.0 Å². The molecule has 41 heavy (non-hydrogen) atoms. The third-order valence-corrected chi connectivity index (χ3v) is 10.3. The normalized spacial score (nSPS) is 19.2. The summed E-state index contributed by atoms with van der Waals surface area (Å²) in [5.41, 5.74) is 6.03. The summed E-state index contributed by atoms with van der Waals surface area (Å²) >= 11 is 0. The minimum Gasteiger partial charge on any atom is -0.369 e. The lowest BCUT2D eigenvalue weighted by molar-refractivity contribution is 0.137. The van der Waals surface area contributed by atoms with E-state index >= 15 is 0 Å². The van der Waals surface area contributed by atoms with Gasteiger partial charge in [0.1, 0.15) is 10.7 Å². The van der Waals surface area contributed by atoms with Crippen molar-refractivity contribution in [2.75, 3.05) is 55.6 Å². The number of sulfonamides is 1. The van der Waals surface area contributed by atoms with E-state index in [1.54, 1.807) is 28.7 Å². The van der Waals surface area contributed by atoms with Crippen LogP contribution in [0.4, 0.5) is 15.8 Å². The molecule has 1 aromatic heterocycles. The zero-order valence-corrected chi connectivity index (χ0v) is 24.6. The fourth-order valence-corrected chi connectivity index (χ4v) is 7.83. The van der Waals surface area contributed by atoms with Crippen molar-refractivity contribution >= 4 is 32.3 Å². The van der Waals surface area contributed by atoms with E-state index in [1.165, 1.54) is 22.9 Å². The van der Waals surface area contributed by atoms with Crippen molar-refractivity contribution in [3.63, 3.8) is 0 Å². The number of aromatic nitrogens is 1. The van der Waals surface area contributed by atoms with Crippen LogP contribution >= 0.6 is 0 Å². The maximum atomic E-state index is 14.1. The highest BCUT2D eigenvalue weighted by Crippen LogP contribution is 2.32. The summed E-state index contributed by atoms with van der Waals surface area (Å²) in [5.74, 6) is -0.269. The first-order chi connectivity index (χ1) is 19.7. The SMILES string of the molecule is Cc1ccc(C)c(N2CCN(C3CN(S(=O)(=O)c4cccc5cccnc45)CCN3c3ccc(F)cc3C)CC2)c1. The molecule has 0 aliphatic carbocycles. The smallest absolute Gasteiger partial charge is 0.245 e. The van der Waals surface area contributed by atoms with Gasteiger partial charge >= 0.3 is 0 Å². The Morgan fingerprint density at radius 3 is 2.37 bits per heavy atom. The predicted octanol–water partition coefficient (Wildman–Crippen LogP) is 4.96. The number of rotatable bonds is 5. The summed E-state index contributed by atoms with van der Waals surface area (Å²) in [7, 11) is -3.80. The van der Waals surface area contributed by atoms with E-state index in [2.05, 4.69) is 51.7 Å². The van der Waals surface area contributed by atoms with Crippen LogP contribution in [-0.2, 0) is 10.0 Å². The first-order valence-corrected chi connectivity index (χ1v) is 15.6. The molecule has 1 unspecified atom stereocenters. The maximum absolute atomic E-state index is 14.1. The van der Waals surface area contributed by atoms with Crippen LogP contribution in [0.3, 0.4) is 0 Å². The van der Waals surface area contributed by atoms with Crippen molar-refractivity contribution in [3.8, 4) is 0 Å². The van der Waals surface area contributed by atoms with E-state index in [4.69, 9.17) is 0 Å². The molecule has 2 fully saturated rings. The van der Waals surface area contributed by atoms with Crippen LogP contribution in [0.2, 0.25) is 0 Å². The van der Waals surface area contributed by atoms with Crippen LogP contribution in [0.25, 0.3) is 10.9 Å². The Morgan fingerprint density at radius 2 is 1.59 bits per heavy atom. The number of anilines is 2. The van der Waals surface area contributed by atoms with Crippen LogP contribution < -0.4 is 9.80 Å². The van der Waals surface area contributed by atoms with Gasteiger partial charge in [0.05, 0.1) is 11.7 Å². The van der Waals surface area contributed by atoms with E-state index < -0.39 is 10.0 Å². The van der Waals surface area contributed by atoms with Gasteiger partial charge in [-0.05, 0) is 73.9 Å². The Morgan fingerprint density at radius 1 is 0.805 bits per heavy atom. The third-order valence-electron chi connectivity index (χ3n) is 8.44. The van der Waals surface area contributed by atoms with E-state index in [9.17, 15) is 12.8 Å². The Bertz CT molecular complexity index is 1680. The Balaban J connectivity index is 1.31. The van der Waals surface area contributed by atoms with Gasteiger partial charge in [0.25, 0.3) is 0 Å². The Hall–Kier alpha value is -3.53. The molecule has 0 radical (unpaired) electrons. The Kier molecular flexibility index (Phi) is 7.44. The van der Waals surface area contributed by atoms with Gasteiger partial charge in [-0.1, -0.05) is 30.3 Å². The summed E-state index contributed by atoms with van der Waals surface area (Å²) in [4.78, 5) is 11.7. The average molecular weight is 574 g/mol. The van der Waals surface area contributed by atoms with Gasteiger partial charge in [0.15, 0.2) is 0 Å². The largest absolute Gasteiger partial charge is 0.369 e. The average Bonchev–Trinajstić information content (AvgIpc) is 2.98. The molecule has 2 aliphatic rings. The maximum Gasteiger partial charge on any atom is 0.245 e. The summed E-state index contributed by atoms with van der Waals surface area (Å²) < 4.78 is 43.8. The first-order valence-electron chi connectivity index (χ1n) is 14.2. The van der Waals surface area contributed by atoms with Crippen molar-refractivity contribution in [1.29, 1.82) is 0 Å². The summed E-state index contributed by atoms with van der Waals surface area (Å²) in [6.45, 7) is 10.6. The highest BCUT2D eigenvalue weighted by molar-refractivity contribution is 7.89. The molecular formula is C32H36FN5O2S. The van der Waals surface area contributed by atoms with Crippen molar-refractivity contribution in [3.05, 3.63) is 95.4 Å². The number of fused-ring (bicyclic) bond motifs is 1. The van der Waals surface area contributed by atoms with Crippen LogP contribution in [0.5, 0.6) is 0 Å². The fourth-order valence-electron chi connectivity index (χ4n) is 6.24. The van der Waals surface area contributed by atoms with Gasteiger partial charge < -0.3 is 9.80 Å². The number of benzene rings is 3. The molecule has 9 heteroatoms. The summed E-state index contributed by atoms with van der Waals surface area (Å²) in [5, 5.41) is 0.799. The molecule has 2 aliphatic heterocycles. The van der Waals surface area contributed by atoms with Gasteiger partial charge in [-0.15, -0.1) is 0 Å². The number of pyridine rings is 1. The van der Waals surface area contributed by atoms with E-state index in [1.807, 2.05) is 31.2 Å². The number of halogens is 1. The lowest BCUT2D eigenvalue weighted by atomic mass is 10.1. The lowest BCUT2D eigenvalue weighted by Crippen LogP contribution is -2.64. The predicted molar refractivity (Wildman–Crippen MR) is 162 cm³/mol. The Labute approximate surface area is 241 Å². The standard InChI is InChI=1S/C32H36FN5O2S/c1-23-9-10-24(2)29(20-23)35-14-16-36(17-15-35)31-22-37(18-19-38(31)28-12-11-27(33)21-25(28)3)41(39,40)30-8-4-6-26-7-5-13-34-32(26)30/h4-13,20-21,31H,14-19,22H2,1-3H3. The van der Waals surface area contributed by atoms with Crippen molar-refractivity contribution in [2.24, 2.45) is 0 Å². The van der Waals surface area contributed by atoms with Crippen molar-refractivity contribution in [1.82, 2.24) is 14.2 Å². The minimum absolute atomic E-state index is 0.189. The van der Waals surface area contributed by atoms with Crippen LogP contribution in [0, 0.1) is 26.6 Å². The molecule has 0 spiro atoms. The molecule has 2 saturated heterocycles. The molecule has 0 amide bonds. The quantitative estimate of drug-likeness (QED) is 0.337. The van der Waals surface area contributed by atoms with Gasteiger partial charge in [-0.2, -0.15) is 4.31 Å². The van der Waals surface area contributed by atoms with Crippen LogP contribution in [0.1, 0.15) is 16.7 Å². The van der Waals surface area contributed by atoms with Crippen LogP contribution in [-0.4, -0.2) is 74.6 Å². The van der Waals surface area contributed by atoms with Gasteiger partial charge in [0, 0.05) is 68.8 Å². The first kappa shape index (κ1) is 27.6. The zero-order chi connectivity index (χ0) is 28.7. The molecule has 3 heterocycles. The van der Waals surface area contributed by atoms with Gasteiger partial charge in [0.2, 0.25) is 10.0 Å². The number of hydrogen-bond donors (Lipinski definition) is 0. The third kappa shape index (κ3) is 5.29. The van der Waals surface area contributed by atoms with Crippen molar-refractivity contribution < 1.29 is 12.8 Å². The van der Waals surface area contributed by atoms with Crippen molar-refractivity contribution in [2.45, 2.75) is 31.8 Å². The van der Waals surface area contributed by atoms with Gasteiger partial charge in [-0.25, -0.2) is 12.8 Å². The molecule has 4 aromatic rings. The van der Waals surface area contributed by atoms with Crippen LogP contribution in [0.15, 0.2) is 77.8 Å². The zero-order valence-electron chi connectivity index (χ0n) is 23.8. The number of nitrogens with zero attached hydrogens (tertiary/aromatic N) is 5. The second kappa shape index (κ2) is 11.0. The molecule has 214 valence electrons. The minimum atomic E-state index is -3.80. The number of piperazine rings is 2. The fraction of sp³-hybridized carbons (Fsp3) is 0.344.